The molecule has 2 aromatic carbocycles. The van der Waals surface area contributed by atoms with Crippen LogP contribution in [0.2, 0.25) is 10.0 Å². The Morgan fingerprint density at radius 3 is 2.40 bits per heavy atom. The summed E-state index contributed by atoms with van der Waals surface area (Å²) in [5, 5.41) is 3.35. The number of benzene rings is 2. The molecule has 0 unspecified atom stereocenters. The number of ketones is 1. The first-order valence-electron chi connectivity index (χ1n) is 9.95. The van der Waals surface area contributed by atoms with Gasteiger partial charge in [0.1, 0.15) is 0 Å². The Hall–Kier alpha value is -2.37. The molecule has 0 aromatic heterocycles. The Bertz CT molecular complexity index is 978. The van der Waals surface area contributed by atoms with Crippen LogP contribution in [0.4, 0.5) is 5.69 Å². The lowest BCUT2D eigenvalue weighted by atomic mass is 9.75. The first kappa shape index (κ1) is 20.9. The molecule has 0 heterocycles. The molecule has 0 spiro atoms. The SMILES string of the molecule is O=C(COC(=O)[C@H]1[C@H]2CC[C@@H](C2)[C@H]1C(=O)c1ccccc1)Nc1cc(Cl)ccc1Cl. The fourth-order valence-electron chi connectivity index (χ4n) is 4.82. The van der Waals surface area contributed by atoms with Crippen molar-refractivity contribution in [2.75, 3.05) is 11.9 Å². The maximum absolute atomic E-state index is 13.1. The number of halogens is 2. The van der Waals surface area contributed by atoms with Crippen molar-refractivity contribution in [2.24, 2.45) is 23.7 Å². The fraction of sp³-hybridized carbons (Fsp3) is 0.348. The summed E-state index contributed by atoms with van der Waals surface area (Å²) in [5.74, 6) is -1.57. The number of Topliss-reactive ketones (excluding diaryl/α,β-unsaturated/α-hetero) is 1. The van der Waals surface area contributed by atoms with Gasteiger partial charge in [-0.2, -0.15) is 0 Å². The molecule has 5 nitrogen and oxygen atoms in total. The number of rotatable bonds is 6. The zero-order valence-electron chi connectivity index (χ0n) is 16.1. The van der Waals surface area contributed by atoms with Gasteiger partial charge < -0.3 is 10.1 Å². The zero-order chi connectivity index (χ0) is 21.3. The number of hydrogen-bond donors (Lipinski definition) is 1. The molecule has 2 aliphatic carbocycles. The molecule has 7 heteroatoms. The second-order valence-corrected chi connectivity index (χ2v) is 8.74. The van der Waals surface area contributed by atoms with Crippen LogP contribution in [0.3, 0.4) is 0 Å². The van der Waals surface area contributed by atoms with Crippen molar-refractivity contribution < 1.29 is 19.1 Å². The zero-order valence-corrected chi connectivity index (χ0v) is 17.7. The van der Waals surface area contributed by atoms with Gasteiger partial charge in [0.25, 0.3) is 5.91 Å². The Labute approximate surface area is 184 Å². The van der Waals surface area contributed by atoms with Crippen LogP contribution in [-0.4, -0.2) is 24.3 Å². The maximum Gasteiger partial charge on any atom is 0.310 e. The first-order valence-corrected chi connectivity index (χ1v) is 10.7. The third-order valence-electron chi connectivity index (χ3n) is 6.10. The smallest absolute Gasteiger partial charge is 0.310 e. The van der Waals surface area contributed by atoms with Crippen molar-refractivity contribution >= 4 is 46.5 Å². The van der Waals surface area contributed by atoms with Crippen LogP contribution < -0.4 is 5.32 Å². The number of ether oxygens (including phenoxy) is 1. The highest BCUT2D eigenvalue weighted by atomic mass is 35.5. The highest BCUT2D eigenvalue weighted by Crippen LogP contribution is 2.53. The van der Waals surface area contributed by atoms with Crippen molar-refractivity contribution in [1.29, 1.82) is 0 Å². The van der Waals surface area contributed by atoms with Gasteiger partial charge in [-0.1, -0.05) is 53.5 Å². The van der Waals surface area contributed by atoms with E-state index in [0.717, 1.165) is 19.3 Å². The number of carbonyl (C=O) groups is 3. The summed E-state index contributed by atoms with van der Waals surface area (Å²) in [4.78, 5) is 38.2. The highest BCUT2D eigenvalue weighted by Gasteiger charge is 2.54. The van der Waals surface area contributed by atoms with Crippen molar-refractivity contribution in [3.63, 3.8) is 0 Å². The van der Waals surface area contributed by atoms with Gasteiger partial charge in [-0.3, -0.25) is 14.4 Å². The molecule has 30 heavy (non-hydrogen) atoms. The molecule has 156 valence electrons. The first-order chi connectivity index (χ1) is 14.4. The topological polar surface area (TPSA) is 72.5 Å². The van der Waals surface area contributed by atoms with E-state index in [2.05, 4.69) is 5.32 Å². The summed E-state index contributed by atoms with van der Waals surface area (Å²) in [7, 11) is 0. The molecule has 4 atom stereocenters. The van der Waals surface area contributed by atoms with Gasteiger partial charge in [-0.25, -0.2) is 0 Å². The number of amides is 1. The lowest BCUT2D eigenvalue weighted by Gasteiger charge is -2.28. The van der Waals surface area contributed by atoms with Crippen LogP contribution >= 0.6 is 23.2 Å². The molecular weight excluding hydrogens is 425 g/mol. The Balaban J connectivity index is 1.41. The number of hydrogen-bond acceptors (Lipinski definition) is 4. The summed E-state index contributed by atoms with van der Waals surface area (Å²) in [5.41, 5.74) is 0.962. The lowest BCUT2D eigenvalue weighted by Crippen LogP contribution is -2.37. The monoisotopic (exact) mass is 445 g/mol. The van der Waals surface area contributed by atoms with E-state index in [0.29, 0.717) is 21.3 Å². The number of carbonyl (C=O) groups excluding carboxylic acids is 3. The molecule has 2 fully saturated rings. The molecule has 2 bridgehead atoms. The Morgan fingerprint density at radius 1 is 0.967 bits per heavy atom. The van der Waals surface area contributed by atoms with Gasteiger partial charge in [-0.05, 0) is 49.3 Å². The molecule has 1 N–H and O–H groups in total. The van der Waals surface area contributed by atoms with Crippen LogP contribution in [-0.2, 0) is 14.3 Å². The molecular formula is C23H21Cl2NO4. The molecule has 0 radical (unpaired) electrons. The van der Waals surface area contributed by atoms with E-state index < -0.39 is 24.4 Å². The average molecular weight is 446 g/mol. The quantitative estimate of drug-likeness (QED) is 0.500. The van der Waals surface area contributed by atoms with Gasteiger partial charge >= 0.3 is 5.97 Å². The summed E-state index contributed by atoms with van der Waals surface area (Å²) in [6.45, 7) is -0.443. The molecule has 0 saturated heterocycles. The van der Waals surface area contributed by atoms with Gasteiger partial charge in [0.05, 0.1) is 16.6 Å². The molecule has 2 aromatic rings. The maximum atomic E-state index is 13.1. The van der Waals surface area contributed by atoms with E-state index in [-0.39, 0.29) is 23.5 Å². The van der Waals surface area contributed by atoms with Crippen LogP contribution in [0.5, 0.6) is 0 Å². The molecule has 2 aliphatic rings. The highest BCUT2D eigenvalue weighted by molar-refractivity contribution is 6.35. The number of esters is 1. The second-order valence-electron chi connectivity index (χ2n) is 7.90. The van der Waals surface area contributed by atoms with Crippen molar-refractivity contribution in [3.8, 4) is 0 Å². The van der Waals surface area contributed by atoms with E-state index in [1.54, 1.807) is 24.3 Å². The largest absolute Gasteiger partial charge is 0.455 e. The molecule has 2 saturated carbocycles. The van der Waals surface area contributed by atoms with E-state index in [1.165, 1.54) is 6.07 Å². The minimum Gasteiger partial charge on any atom is -0.455 e. The Morgan fingerprint density at radius 2 is 1.67 bits per heavy atom. The third-order valence-corrected chi connectivity index (χ3v) is 6.66. The van der Waals surface area contributed by atoms with Crippen LogP contribution in [0, 0.1) is 23.7 Å². The fourth-order valence-corrected chi connectivity index (χ4v) is 5.15. The van der Waals surface area contributed by atoms with Gasteiger partial charge in [-0.15, -0.1) is 0 Å². The minimum atomic E-state index is -0.512. The normalized spacial score (nSPS) is 24.5. The number of anilines is 1. The van der Waals surface area contributed by atoms with Crippen molar-refractivity contribution in [3.05, 3.63) is 64.1 Å². The minimum absolute atomic E-state index is 0.0140. The van der Waals surface area contributed by atoms with Crippen molar-refractivity contribution in [1.82, 2.24) is 0 Å². The predicted octanol–water partition coefficient (Wildman–Crippen LogP) is 5.02. The third kappa shape index (κ3) is 4.23. The second kappa shape index (κ2) is 8.78. The number of fused-ring (bicyclic) bond motifs is 2. The van der Waals surface area contributed by atoms with Crippen LogP contribution in [0.1, 0.15) is 29.6 Å². The van der Waals surface area contributed by atoms with Crippen LogP contribution in [0.15, 0.2) is 48.5 Å². The Kier molecular flexibility index (Phi) is 6.11. The molecule has 1 amide bonds. The van der Waals surface area contributed by atoms with Gasteiger partial charge in [0, 0.05) is 16.5 Å². The number of nitrogens with one attached hydrogen (secondary N) is 1. The summed E-state index contributed by atoms with van der Waals surface area (Å²) in [6.07, 6.45) is 2.71. The molecule has 0 aliphatic heterocycles. The average Bonchev–Trinajstić information content (AvgIpc) is 3.36. The predicted molar refractivity (Wildman–Crippen MR) is 115 cm³/mol. The van der Waals surface area contributed by atoms with E-state index in [4.69, 9.17) is 27.9 Å². The summed E-state index contributed by atoms with van der Waals surface area (Å²) >= 11 is 12.0. The van der Waals surface area contributed by atoms with Crippen LogP contribution in [0.25, 0.3) is 0 Å². The van der Waals surface area contributed by atoms with Gasteiger partial charge in [0.2, 0.25) is 0 Å². The summed E-state index contributed by atoms with van der Waals surface area (Å²) in [6, 6.07) is 13.7. The summed E-state index contributed by atoms with van der Waals surface area (Å²) < 4.78 is 5.32. The van der Waals surface area contributed by atoms with E-state index >= 15 is 0 Å². The van der Waals surface area contributed by atoms with Crippen molar-refractivity contribution in [2.45, 2.75) is 19.3 Å². The van der Waals surface area contributed by atoms with E-state index in [1.807, 2.05) is 18.2 Å². The molecule has 4 rings (SSSR count). The van der Waals surface area contributed by atoms with Gasteiger partial charge in [0.15, 0.2) is 12.4 Å². The standard InChI is InChI=1S/C23H21Cl2NO4/c24-16-8-9-17(25)18(11-16)26-19(27)12-30-23(29)21-15-7-6-14(10-15)20(21)22(28)13-4-2-1-3-5-13/h1-5,8-9,11,14-15,20-21H,6-7,10,12H2,(H,26,27)/t14-,15-,20+,21-/m0/s1. The lowest BCUT2D eigenvalue weighted by molar-refractivity contribution is -0.154. The van der Waals surface area contributed by atoms with E-state index in [9.17, 15) is 14.4 Å².